The fourth-order valence-corrected chi connectivity index (χ4v) is 2.31. The van der Waals surface area contributed by atoms with Crippen molar-refractivity contribution in [3.05, 3.63) is 47.9 Å². The third-order valence-electron chi connectivity index (χ3n) is 3.53. The van der Waals surface area contributed by atoms with E-state index in [4.69, 9.17) is 0 Å². The van der Waals surface area contributed by atoms with Crippen LogP contribution < -0.4 is 5.32 Å². The van der Waals surface area contributed by atoms with Gasteiger partial charge >= 0.3 is 0 Å². The first-order valence-electron chi connectivity index (χ1n) is 6.18. The number of nitrogens with zero attached hydrogens (tertiary/aromatic N) is 2. The number of amides is 1. The summed E-state index contributed by atoms with van der Waals surface area (Å²) in [5.74, 6) is -0.0115. The number of hydrogen-bond acceptors (Lipinski definition) is 2. The van der Waals surface area contributed by atoms with Gasteiger partial charge in [0.1, 0.15) is 5.82 Å². The molecule has 1 aromatic carbocycles. The van der Waals surface area contributed by atoms with Crippen LogP contribution in [0.15, 0.2) is 36.5 Å². The summed E-state index contributed by atoms with van der Waals surface area (Å²) in [4.78, 5) is 12.3. The molecule has 1 aliphatic carbocycles. The Hall–Kier alpha value is -2.17. The van der Waals surface area contributed by atoms with Crippen molar-refractivity contribution in [1.29, 1.82) is 0 Å². The molecule has 0 unspecified atom stereocenters. The number of aromatic nitrogens is 2. The molecule has 1 aliphatic rings. The smallest absolute Gasteiger partial charge is 0.236 e. The van der Waals surface area contributed by atoms with Crippen molar-refractivity contribution in [1.82, 2.24) is 9.78 Å². The highest BCUT2D eigenvalue weighted by molar-refractivity contribution is 6.00. The number of rotatable bonds is 3. The van der Waals surface area contributed by atoms with Crippen LogP contribution in [0.25, 0.3) is 0 Å². The fourth-order valence-electron chi connectivity index (χ4n) is 2.31. The lowest BCUT2D eigenvalue weighted by atomic mass is 9.94. The largest absolute Gasteiger partial charge is 0.308 e. The zero-order valence-electron chi connectivity index (χ0n) is 10.6. The van der Waals surface area contributed by atoms with E-state index in [2.05, 4.69) is 10.4 Å². The molecule has 0 saturated heterocycles. The number of carbonyl (C=O) groups is 1. The molecule has 3 rings (SSSR count). The highest BCUT2D eigenvalue weighted by atomic mass is 19.1. The van der Waals surface area contributed by atoms with E-state index in [-0.39, 0.29) is 11.7 Å². The van der Waals surface area contributed by atoms with Crippen molar-refractivity contribution in [3.63, 3.8) is 0 Å². The van der Waals surface area contributed by atoms with E-state index in [0.717, 1.165) is 0 Å². The van der Waals surface area contributed by atoms with Crippen molar-refractivity contribution in [3.8, 4) is 0 Å². The van der Waals surface area contributed by atoms with Gasteiger partial charge in [0.15, 0.2) is 5.82 Å². The summed E-state index contributed by atoms with van der Waals surface area (Å²) in [5, 5.41) is 6.85. The van der Waals surface area contributed by atoms with Gasteiger partial charge in [-0.25, -0.2) is 4.39 Å². The van der Waals surface area contributed by atoms with Gasteiger partial charge in [0, 0.05) is 24.9 Å². The van der Waals surface area contributed by atoms with Crippen LogP contribution in [-0.2, 0) is 17.3 Å². The Bertz CT molecular complexity index is 631. The molecule has 98 valence electrons. The first-order valence-corrected chi connectivity index (χ1v) is 6.18. The van der Waals surface area contributed by atoms with Crippen LogP contribution in [0.1, 0.15) is 18.4 Å². The van der Waals surface area contributed by atoms with E-state index >= 15 is 0 Å². The highest BCUT2D eigenvalue weighted by Crippen LogP contribution is 2.49. The van der Waals surface area contributed by atoms with Crippen LogP contribution in [0, 0.1) is 5.82 Å². The summed E-state index contributed by atoms with van der Waals surface area (Å²) in [6, 6.07) is 8.18. The lowest BCUT2D eigenvalue weighted by Crippen LogP contribution is -2.28. The molecule has 1 amide bonds. The average molecular weight is 259 g/mol. The van der Waals surface area contributed by atoms with Gasteiger partial charge in [0.25, 0.3) is 0 Å². The lowest BCUT2D eigenvalue weighted by molar-refractivity contribution is -0.118. The quantitative estimate of drug-likeness (QED) is 0.918. The molecule has 0 spiro atoms. The van der Waals surface area contributed by atoms with Gasteiger partial charge in [0.2, 0.25) is 5.91 Å². The van der Waals surface area contributed by atoms with Gasteiger partial charge in [-0.15, -0.1) is 0 Å². The van der Waals surface area contributed by atoms with Crippen LogP contribution in [0.3, 0.4) is 0 Å². The fraction of sp³-hybridized carbons (Fsp3) is 0.286. The number of carbonyl (C=O) groups excluding carboxylic acids is 1. The third-order valence-corrected chi connectivity index (χ3v) is 3.53. The summed E-state index contributed by atoms with van der Waals surface area (Å²) >= 11 is 0. The first kappa shape index (κ1) is 11.9. The molecular formula is C14H14FN3O. The van der Waals surface area contributed by atoms with E-state index in [9.17, 15) is 9.18 Å². The maximum absolute atomic E-state index is 13.8. The summed E-state index contributed by atoms with van der Waals surface area (Å²) in [7, 11) is 1.78. The monoisotopic (exact) mass is 259 g/mol. The van der Waals surface area contributed by atoms with Crippen LogP contribution in [-0.4, -0.2) is 15.7 Å². The molecular weight excluding hydrogens is 245 g/mol. The van der Waals surface area contributed by atoms with Gasteiger partial charge in [-0.3, -0.25) is 9.48 Å². The van der Waals surface area contributed by atoms with Gasteiger partial charge in [0.05, 0.1) is 5.41 Å². The zero-order chi connectivity index (χ0) is 13.5. The van der Waals surface area contributed by atoms with Crippen LogP contribution in [0.5, 0.6) is 0 Å². The standard InChI is InChI=1S/C14H14FN3O/c1-18-9-6-12(17-18)16-13(19)14(7-8-14)10-4-2-3-5-11(10)15/h2-6,9H,7-8H2,1H3,(H,16,17,19). The summed E-state index contributed by atoms with van der Waals surface area (Å²) in [6.07, 6.45) is 3.09. The van der Waals surface area contributed by atoms with E-state index < -0.39 is 5.41 Å². The summed E-state index contributed by atoms with van der Waals surface area (Å²) < 4.78 is 15.4. The Balaban J connectivity index is 1.85. The second-order valence-electron chi connectivity index (χ2n) is 4.89. The summed E-state index contributed by atoms with van der Waals surface area (Å²) in [5.41, 5.74) is -0.244. The molecule has 1 N–H and O–H groups in total. The maximum atomic E-state index is 13.8. The third kappa shape index (κ3) is 2.01. The minimum atomic E-state index is -0.719. The molecule has 19 heavy (non-hydrogen) atoms. The second kappa shape index (κ2) is 4.19. The molecule has 2 aromatic rings. The van der Waals surface area contributed by atoms with Gasteiger partial charge in [-0.05, 0) is 18.9 Å². The van der Waals surface area contributed by atoms with Crippen molar-refractivity contribution >= 4 is 11.7 Å². The number of nitrogens with one attached hydrogen (secondary N) is 1. The number of halogens is 1. The molecule has 1 saturated carbocycles. The molecule has 0 atom stereocenters. The molecule has 4 nitrogen and oxygen atoms in total. The Labute approximate surface area is 110 Å². The normalized spacial score (nSPS) is 16.1. The molecule has 1 heterocycles. The van der Waals surface area contributed by atoms with Crippen molar-refractivity contribution in [2.24, 2.45) is 7.05 Å². The number of benzene rings is 1. The Morgan fingerprint density at radius 2 is 2.11 bits per heavy atom. The van der Waals surface area contributed by atoms with Crippen molar-refractivity contribution in [2.75, 3.05) is 5.32 Å². The molecule has 5 heteroatoms. The number of hydrogen-bond donors (Lipinski definition) is 1. The van der Waals surface area contributed by atoms with Gasteiger partial charge in [-0.1, -0.05) is 18.2 Å². The van der Waals surface area contributed by atoms with Crippen molar-refractivity contribution in [2.45, 2.75) is 18.3 Å². The Kier molecular flexibility index (Phi) is 2.62. The predicted molar refractivity (Wildman–Crippen MR) is 69.1 cm³/mol. The minimum Gasteiger partial charge on any atom is -0.308 e. The predicted octanol–water partition coefficient (Wildman–Crippen LogP) is 2.23. The SMILES string of the molecule is Cn1ccc(NC(=O)C2(c3ccccc3F)CC2)n1. The van der Waals surface area contributed by atoms with E-state index in [1.807, 2.05) is 0 Å². The topological polar surface area (TPSA) is 46.9 Å². The van der Waals surface area contributed by atoms with Crippen LogP contribution >= 0.6 is 0 Å². The number of aryl methyl sites for hydroxylation is 1. The van der Waals surface area contributed by atoms with Crippen LogP contribution in [0.4, 0.5) is 10.2 Å². The zero-order valence-corrected chi connectivity index (χ0v) is 10.6. The summed E-state index contributed by atoms with van der Waals surface area (Å²) in [6.45, 7) is 0. The first-order chi connectivity index (χ1) is 9.12. The maximum Gasteiger partial charge on any atom is 0.236 e. The Morgan fingerprint density at radius 3 is 2.68 bits per heavy atom. The van der Waals surface area contributed by atoms with Gasteiger partial charge < -0.3 is 5.32 Å². The van der Waals surface area contributed by atoms with Gasteiger partial charge in [-0.2, -0.15) is 5.10 Å². The molecule has 0 bridgehead atoms. The molecule has 1 fully saturated rings. The van der Waals surface area contributed by atoms with E-state index in [0.29, 0.717) is 24.2 Å². The number of anilines is 1. The highest BCUT2D eigenvalue weighted by Gasteiger charge is 2.52. The van der Waals surface area contributed by atoms with Crippen LogP contribution in [0.2, 0.25) is 0 Å². The molecule has 0 aliphatic heterocycles. The average Bonchev–Trinajstić information content (AvgIpc) is 3.09. The Morgan fingerprint density at radius 1 is 1.37 bits per heavy atom. The lowest BCUT2D eigenvalue weighted by Gasteiger charge is -2.15. The van der Waals surface area contributed by atoms with Crippen molar-refractivity contribution < 1.29 is 9.18 Å². The second-order valence-corrected chi connectivity index (χ2v) is 4.89. The molecule has 0 radical (unpaired) electrons. The van der Waals surface area contributed by atoms with E-state index in [1.54, 1.807) is 42.2 Å². The minimum absolute atomic E-state index is 0.184. The molecule has 1 aromatic heterocycles. The van der Waals surface area contributed by atoms with E-state index in [1.165, 1.54) is 6.07 Å².